The number of hydrogen-bond acceptors (Lipinski definition) is 6. The van der Waals surface area contributed by atoms with Crippen molar-refractivity contribution in [2.45, 2.75) is 104 Å². The number of nitrogens with one attached hydrogen (secondary N) is 1. The zero-order chi connectivity index (χ0) is 27.4. The fraction of sp³-hybridized carbons (Fsp3) is 0.594. The molecule has 2 N–H and O–H groups in total. The van der Waals surface area contributed by atoms with Gasteiger partial charge in [0.25, 0.3) is 0 Å². The van der Waals surface area contributed by atoms with Crippen LogP contribution in [0.5, 0.6) is 0 Å². The van der Waals surface area contributed by atoms with Gasteiger partial charge in [0.1, 0.15) is 11.8 Å². The number of aromatic nitrogens is 4. The Bertz CT molecular complexity index is 1300. The Morgan fingerprint density at radius 2 is 1.77 bits per heavy atom. The molecule has 7 heteroatoms. The Kier molecular flexibility index (Phi) is 8.72. The third-order valence-corrected chi connectivity index (χ3v) is 8.63. The molecule has 1 aliphatic heterocycles. The summed E-state index contributed by atoms with van der Waals surface area (Å²) in [5.41, 5.74) is 6.03. The molecule has 1 atom stereocenters. The normalized spacial score (nSPS) is 21.4. The average Bonchev–Trinajstić information content (AvgIpc) is 3.28. The quantitative estimate of drug-likeness (QED) is 0.326. The Morgan fingerprint density at radius 3 is 2.44 bits per heavy atom. The zero-order valence-corrected chi connectivity index (χ0v) is 24.1. The first-order valence-electron chi connectivity index (χ1n) is 14.9. The van der Waals surface area contributed by atoms with Crippen LogP contribution in [0.25, 0.3) is 11.0 Å². The predicted octanol–water partition coefficient (Wildman–Crippen LogP) is 6.49. The van der Waals surface area contributed by atoms with Gasteiger partial charge in [-0.15, -0.1) is 0 Å². The highest BCUT2D eigenvalue weighted by atomic mass is 16.2. The molecular formula is C32H44N6O. The van der Waals surface area contributed by atoms with Gasteiger partial charge in [-0.25, -0.2) is 4.98 Å². The van der Waals surface area contributed by atoms with Crippen molar-refractivity contribution in [1.82, 2.24) is 24.4 Å². The van der Waals surface area contributed by atoms with Crippen LogP contribution in [0, 0.1) is 31.8 Å². The molecule has 3 aromatic rings. The number of likely N-dealkylation sites (tertiary alicyclic amines) is 1. The summed E-state index contributed by atoms with van der Waals surface area (Å²) in [6.07, 6.45) is 15.3. The molecule has 0 unspecified atom stereocenters. The summed E-state index contributed by atoms with van der Waals surface area (Å²) < 4.78 is 2.44. The van der Waals surface area contributed by atoms with Gasteiger partial charge in [0, 0.05) is 53.7 Å². The van der Waals surface area contributed by atoms with Crippen LogP contribution in [0.3, 0.4) is 0 Å². The number of anilines is 1. The van der Waals surface area contributed by atoms with E-state index < -0.39 is 0 Å². The zero-order valence-electron chi connectivity index (χ0n) is 24.1. The van der Waals surface area contributed by atoms with Crippen LogP contribution in [-0.4, -0.2) is 48.7 Å². The third kappa shape index (κ3) is 6.55. The van der Waals surface area contributed by atoms with E-state index in [-0.39, 0.29) is 0 Å². The average molecular weight is 529 g/mol. The van der Waals surface area contributed by atoms with Crippen molar-refractivity contribution >= 4 is 17.0 Å². The van der Waals surface area contributed by atoms with Crippen LogP contribution in [0.2, 0.25) is 0 Å². The van der Waals surface area contributed by atoms with Crippen LogP contribution in [-0.2, 0) is 6.54 Å². The van der Waals surface area contributed by atoms with Gasteiger partial charge in [-0.3, -0.25) is 9.88 Å². The summed E-state index contributed by atoms with van der Waals surface area (Å²) in [5, 5.41) is 13.8. The monoisotopic (exact) mass is 528 g/mol. The highest BCUT2D eigenvalue weighted by Crippen LogP contribution is 2.39. The van der Waals surface area contributed by atoms with Crippen LogP contribution in [0.15, 0.2) is 24.5 Å². The van der Waals surface area contributed by atoms with E-state index >= 15 is 0 Å². The predicted molar refractivity (Wildman–Crippen MR) is 157 cm³/mol. The van der Waals surface area contributed by atoms with Gasteiger partial charge in [0.15, 0.2) is 0 Å². The number of nitrogens with zero attached hydrogens (tertiary/aromatic N) is 5. The molecule has 2 aliphatic rings. The summed E-state index contributed by atoms with van der Waals surface area (Å²) in [5.74, 6) is 4.52. The van der Waals surface area contributed by atoms with Crippen molar-refractivity contribution in [3.63, 3.8) is 0 Å². The molecule has 1 aliphatic carbocycles. The van der Waals surface area contributed by atoms with Gasteiger partial charge in [-0.2, -0.15) is 4.98 Å². The van der Waals surface area contributed by atoms with Crippen molar-refractivity contribution in [1.29, 1.82) is 0 Å². The Morgan fingerprint density at radius 1 is 1.05 bits per heavy atom. The summed E-state index contributed by atoms with van der Waals surface area (Å²) in [7, 11) is 0. The minimum Gasteiger partial charge on any atom is -0.462 e. The lowest BCUT2D eigenvalue weighted by Crippen LogP contribution is -2.32. The largest absolute Gasteiger partial charge is 0.462 e. The first-order chi connectivity index (χ1) is 18.9. The van der Waals surface area contributed by atoms with Crippen molar-refractivity contribution < 1.29 is 5.11 Å². The highest BCUT2D eigenvalue weighted by molar-refractivity contribution is 5.81. The number of aliphatic hydroxyl groups is 1. The highest BCUT2D eigenvalue weighted by Gasteiger charge is 2.28. The van der Waals surface area contributed by atoms with E-state index in [2.05, 4.69) is 84.0 Å². The number of pyridine rings is 1. The molecule has 1 saturated heterocycles. The second-order valence-electron chi connectivity index (χ2n) is 11.8. The Labute approximate surface area is 233 Å². The number of fused-ring (bicyclic) bond motifs is 1. The van der Waals surface area contributed by atoms with Gasteiger partial charge in [0.2, 0.25) is 5.95 Å². The number of hydrogen-bond donors (Lipinski definition) is 2. The molecule has 208 valence electrons. The van der Waals surface area contributed by atoms with Gasteiger partial charge in [0.05, 0.1) is 0 Å². The minimum atomic E-state index is 0.298. The van der Waals surface area contributed by atoms with Gasteiger partial charge >= 0.3 is 0 Å². The van der Waals surface area contributed by atoms with Crippen molar-refractivity contribution in [3.05, 3.63) is 47.0 Å². The van der Waals surface area contributed by atoms with E-state index in [9.17, 15) is 0 Å². The molecule has 39 heavy (non-hydrogen) atoms. The Balaban J connectivity index is 1.36. The van der Waals surface area contributed by atoms with Crippen molar-refractivity contribution in [2.24, 2.45) is 5.92 Å². The lowest BCUT2D eigenvalue weighted by atomic mass is 9.86. The van der Waals surface area contributed by atoms with E-state index in [1.807, 2.05) is 0 Å². The topological polar surface area (TPSA) is 79.1 Å². The maximum Gasteiger partial charge on any atom is 0.224 e. The lowest BCUT2D eigenvalue weighted by Gasteiger charge is -2.32. The first kappa shape index (κ1) is 27.5. The molecule has 5 rings (SSSR count). The number of rotatable bonds is 8. The molecule has 0 bridgehead atoms. The van der Waals surface area contributed by atoms with Gasteiger partial charge in [-0.05, 0) is 108 Å². The van der Waals surface area contributed by atoms with Crippen LogP contribution in [0.4, 0.5) is 5.95 Å². The standard InChI is InChI=1S/C32H44N6O/c1-5-6-22(2)35-32-33-19-29-30(21-38(31(29)36-32)28-9-7-25(8-10-28)13-16-39)27-11-14-37(15-12-27)20-26-17-23(3)34-24(4)18-26/h17-19,21-22,25,27-28,39H,5-12,14-15,20H2,1-4H3,(H,33,35,36)/t22-,25?,28?/m0/s1. The molecule has 3 aromatic heterocycles. The summed E-state index contributed by atoms with van der Waals surface area (Å²) in [6, 6.07) is 5.20. The van der Waals surface area contributed by atoms with Crippen LogP contribution < -0.4 is 5.32 Å². The summed E-state index contributed by atoms with van der Waals surface area (Å²) in [4.78, 5) is 17.0. The molecule has 2 fully saturated rings. The summed E-state index contributed by atoms with van der Waals surface area (Å²) in [6.45, 7) is 11.8. The Hall–Kier alpha value is -3.11. The maximum absolute atomic E-state index is 9.06. The van der Waals surface area contributed by atoms with Crippen molar-refractivity contribution in [2.75, 3.05) is 18.4 Å². The second-order valence-corrected chi connectivity index (χ2v) is 11.8. The van der Waals surface area contributed by atoms with E-state index in [0.29, 0.717) is 23.9 Å². The van der Waals surface area contributed by atoms with E-state index in [0.717, 1.165) is 94.0 Å². The first-order valence-corrected chi connectivity index (χ1v) is 14.9. The van der Waals surface area contributed by atoms with Crippen LogP contribution >= 0.6 is 0 Å². The number of aliphatic hydroxyl groups excluding tert-OH is 1. The van der Waals surface area contributed by atoms with Crippen LogP contribution in [0.1, 0.15) is 99.7 Å². The van der Waals surface area contributed by atoms with E-state index in [1.165, 1.54) is 16.5 Å². The summed E-state index contributed by atoms with van der Waals surface area (Å²) >= 11 is 0. The molecule has 0 radical (unpaired) electrons. The molecule has 0 amide bonds. The van der Waals surface area contributed by atoms with Crippen molar-refractivity contribution in [3.8, 4) is 12.0 Å². The molecule has 0 aromatic carbocycles. The smallest absolute Gasteiger partial charge is 0.224 e. The molecular weight excluding hydrogens is 484 g/mol. The maximum atomic E-state index is 9.06. The molecule has 0 spiro atoms. The number of aryl methyl sites for hydroxylation is 2. The fourth-order valence-electron chi connectivity index (χ4n) is 6.71. The fourth-order valence-corrected chi connectivity index (χ4v) is 6.71. The van der Waals surface area contributed by atoms with Gasteiger partial charge < -0.3 is 15.0 Å². The second kappa shape index (κ2) is 12.4. The minimum absolute atomic E-state index is 0.298. The van der Waals surface area contributed by atoms with Gasteiger partial charge in [-0.1, -0.05) is 19.3 Å². The SMILES string of the molecule is CCC[C@H](C)Nc1ncc2c(C3CCN(Cc4cc(C)nc(C)c4)CC3)cn(C3CCC(C#CO)CC3)c2n1. The lowest BCUT2D eigenvalue weighted by molar-refractivity contribution is 0.205. The third-order valence-electron chi connectivity index (χ3n) is 8.63. The van der Waals surface area contributed by atoms with E-state index in [4.69, 9.17) is 15.1 Å². The molecule has 4 heterocycles. The molecule has 7 nitrogen and oxygen atoms in total. The van der Waals surface area contributed by atoms with E-state index in [1.54, 1.807) is 0 Å². The molecule has 1 saturated carbocycles. The number of piperidine rings is 1.